The summed E-state index contributed by atoms with van der Waals surface area (Å²) in [5.74, 6) is 0. The van der Waals surface area contributed by atoms with Crippen LogP contribution in [0.5, 0.6) is 0 Å². The van der Waals surface area contributed by atoms with Crippen molar-refractivity contribution in [1.29, 1.82) is 0 Å². The van der Waals surface area contributed by atoms with E-state index in [1.165, 1.54) is 10.2 Å². The van der Waals surface area contributed by atoms with Crippen molar-refractivity contribution in [2.24, 2.45) is 0 Å². The van der Waals surface area contributed by atoms with Gasteiger partial charge in [0.25, 0.3) is 0 Å². The lowest BCUT2D eigenvalue weighted by Gasteiger charge is -2.29. The summed E-state index contributed by atoms with van der Waals surface area (Å²) >= 11 is 0. The van der Waals surface area contributed by atoms with Crippen molar-refractivity contribution in [1.82, 2.24) is 14.3 Å². The molecule has 6 nitrogen and oxygen atoms in total. The highest BCUT2D eigenvalue weighted by molar-refractivity contribution is 7.89. The van der Waals surface area contributed by atoms with Crippen LogP contribution in [0, 0.1) is 0 Å². The molecule has 1 N–H and O–H groups in total. The Morgan fingerprint density at radius 1 is 1.26 bits per heavy atom. The summed E-state index contributed by atoms with van der Waals surface area (Å²) in [5.41, 5.74) is 1.55. The molecule has 0 amide bonds. The van der Waals surface area contributed by atoms with E-state index in [1.54, 1.807) is 12.4 Å². The fourth-order valence-corrected chi connectivity index (χ4v) is 3.19. The van der Waals surface area contributed by atoms with Crippen molar-refractivity contribution < 1.29 is 8.42 Å². The number of pyridine rings is 1. The molecule has 19 heavy (non-hydrogen) atoms. The first-order valence-corrected chi connectivity index (χ1v) is 8.04. The van der Waals surface area contributed by atoms with Gasteiger partial charge < -0.3 is 10.2 Å². The summed E-state index contributed by atoms with van der Waals surface area (Å²) in [6.45, 7) is 3.72. The van der Waals surface area contributed by atoms with Crippen LogP contribution in [0.25, 0.3) is 11.0 Å². The molecule has 1 aliphatic rings. The first-order chi connectivity index (χ1) is 9.07. The Labute approximate surface area is 112 Å². The first-order valence-electron chi connectivity index (χ1n) is 6.19. The molecule has 102 valence electrons. The molecule has 1 saturated heterocycles. The third-order valence-electron chi connectivity index (χ3n) is 3.35. The average Bonchev–Trinajstić information content (AvgIpc) is 2.83. The second kappa shape index (κ2) is 4.50. The standard InChI is InChI=1S/C12H16N4O2S/c1-19(17,18)16-7-3-10-11(2-4-14-12(10)16)15-8-5-13-6-9-15/h2-4,7,13H,5-6,8-9H2,1H3. The van der Waals surface area contributed by atoms with Crippen molar-refractivity contribution in [3.05, 3.63) is 24.5 Å². The first kappa shape index (κ1) is 12.4. The average molecular weight is 280 g/mol. The minimum absolute atomic E-state index is 0.499. The van der Waals surface area contributed by atoms with E-state index in [-0.39, 0.29) is 0 Å². The second-order valence-corrected chi connectivity index (χ2v) is 6.54. The van der Waals surface area contributed by atoms with Crippen molar-refractivity contribution >= 4 is 26.7 Å². The van der Waals surface area contributed by atoms with Crippen LogP contribution in [0.3, 0.4) is 0 Å². The monoisotopic (exact) mass is 280 g/mol. The molecule has 2 aromatic heterocycles. The Morgan fingerprint density at radius 3 is 2.68 bits per heavy atom. The summed E-state index contributed by atoms with van der Waals surface area (Å²) in [6, 6.07) is 3.76. The van der Waals surface area contributed by atoms with Gasteiger partial charge in [0.15, 0.2) is 5.65 Å². The van der Waals surface area contributed by atoms with Gasteiger partial charge in [-0.3, -0.25) is 0 Å². The Bertz CT molecular complexity index is 702. The maximum Gasteiger partial charge on any atom is 0.237 e. The van der Waals surface area contributed by atoms with E-state index in [1.807, 2.05) is 12.1 Å². The maximum absolute atomic E-state index is 11.7. The molecule has 2 aromatic rings. The molecule has 0 aromatic carbocycles. The Hall–Kier alpha value is -1.60. The minimum atomic E-state index is -3.31. The maximum atomic E-state index is 11.7. The van der Waals surface area contributed by atoms with Gasteiger partial charge in [-0.05, 0) is 12.1 Å². The van der Waals surface area contributed by atoms with Gasteiger partial charge in [0.1, 0.15) is 0 Å². The van der Waals surface area contributed by atoms with Crippen LogP contribution in [0.1, 0.15) is 0 Å². The van der Waals surface area contributed by atoms with Crippen LogP contribution in [-0.2, 0) is 10.0 Å². The normalized spacial score (nSPS) is 17.0. The van der Waals surface area contributed by atoms with E-state index in [4.69, 9.17) is 0 Å². The van der Waals surface area contributed by atoms with Gasteiger partial charge in [-0.15, -0.1) is 0 Å². The number of anilines is 1. The topological polar surface area (TPSA) is 67.2 Å². The summed E-state index contributed by atoms with van der Waals surface area (Å²) in [6.07, 6.45) is 4.42. The summed E-state index contributed by atoms with van der Waals surface area (Å²) in [7, 11) is -3.31. The van der Waals surface area contributed by atoms with Crippen LogP contribution in [0.4, 0.5) is 5.69 Å². The number of fused-ring (bicyclic) bond motifs is 1. The van der Waals surface area contributed by atoms with Gasteiger partial charge >= 0.3 is 0 Å². The largest absolute Gasteiger partial charge is 0.368 e. The lowest BCUT2D eigenvalue weighted by atomic mass is 10.2. The zero-order valence-electron chi connectivity index (χ0n) is 10.7. The van der Waals surface area contributed by atoms with E-state index in [0.29, 0.717) is 5.65 Å². The highest BCUT2D eigenvalue weighted by atomic mass is 32.2. The number of aromatic nitrogens is 2. The van der Waals surface area contributed by atoms with Crippen molar-refractivity contribution in [2.75, 3.05) is 37.3 Å². The Balaban J connectivity index is 2.14. The lowest BCUT2D eigenvalue weighted by Crippen LogP contribution is -2.43. The third kappa shape index (κ3) is 2.19. The lowest BCUT2D eigenvalue weighted by molar-refractivity contribution is 0.590. The molecule has 0 saturated carbocycles. The van der Waals surface area contributed by atoms with Gasteiger partial charge in [-0.2, -0.15) is 0 Å². The van der Waals surface area contributed by atoms with Crippen molar-refractivity contribution in [2.45, 2.75) is 0 Å². The van der Waals surface area contributed by atoms with Crippen LogP contribution >= 0.6 is 0 Å². The number of piperazine rings is 1. The molecule has 0 atom stereocenters. The van der Waals surface area contributed by atoms with Crippen LogP contribution < -0.4 is 10.2 Å². The van der Waals surface area contributed by atoms with Gasteiger partial charge in [-0.1, -0.05) is 0 Å². The number of hydrogen-bond donors (Lipinski definition) is 1. The summed E-state index contributed by atoms with van der Waals surface area (Å²) < 4.78 is 24.6. The zero-order chi connectivity index (χ0) is 13.5. The molecule has 0 aliphatic carbocycles. The minimum Gasteiger partial charge on any atom is -0.368 e. The molecule has 0 bridgehead atoms. The van der Waals surface area contributed by atoms with E-state index in [0.717, 1.165) is 37.3 Å². The summed E-state index contributed by atoms with van der Waals surface area (Å²) in [5, 5.41) is 4.19. The zero-order valence-corrected chi connectivity index (χ0v) is 11.5. The Kier molecular flexibility index (Phi) is 2.94. The van der Waals surface area contributed by atoms with Crippen LogP contribution in [-0.4, -0.2) is 49.8 Å². The fourth-order valence-electron chi connectivity index (χ4n) is 2.45. The molecule has 1 fully saturated rings. The molecule has 0 unspecified atom stereocenters. The predicted molar refractivity (Wildman–Crippen MR) is 75.1 cm³/mol. The fraction of sp³-hybridized carbons (Fsp3) is 0.417. The van der Waals surface area contributed by atoms with Crippen LogP contribution in [0.15, 0.2) is 24.5 Å². The van der Waals surface area contributed by atoms with E-state index in [9.17, 15) is 8.42 Å². The molecular formula is C12H16N4O2S. The van der Waals surface area contributed by atoms with Gasteiger partial charge in [0, 0.05) is 49.6 Å². The molecule has 1 aliphatic heterocycles. The van der Waals surface area contributed by atoms with E-state index < -0.39 is 10.0 Å². The highest BCUT2D eigenvalue weighted by Crippen LogP contribution is 2.27. The van der Waals surface area contributed by atoms with E-state index in [2.05, 4.69) is 15.2 Å². The van der Waals surface area contributed by atoms with Crippen molar-refractivity contribution in [3.63, 3.8) is 0 Å². The Morgan fingerprint density at radius 2 is 2.00 bits per heavy atom. The number of nitrogens with one attached hydrogen (secondary N) is 1. The number of nitrogens with zero attached hydrogens (tertiary/aromatic N) is 3. The smallest absolute Gasteiger partial charge is 0.237 e. The number of hydrogen-bond acceptors (Lipinski definition) is 5. The summed E-state index contributed by atoms with van der Waals surface area (Å²) in [4.78, 5) is 6.46. The molecule has 0 radical (unpaired) electrons. The molecule has 0 spiro atoms. The van der Waals surface area contributed by atoms with E-state index >= 15 is 0 Å². The van der Waals surface area contributed by atoms with Gasteiger partial charge in [0.05, 0.1) is 6.26 Å². The second-order valence-electron chi connectivity index (χ2n) is 4.68. The number of rotatable bonds is 2. The SMILES string of the molecule is CS(=O)(=O)n1ccc2c(N3CCNCC3)ccnc21. The molecule has 3 heterocycles. The third-order valence-corrected chi connectivity index (χ3v) is 4.36. The van der Waals surface area contributed by atoms with Crippen LogP contribution in [0.2, 0.25) is 0 Å². The molecular weight excluding hydrogens is 264 g/mol. The molecule has 3 rings (SSSR count). The quantitative estimate of drug-likeness (QED) is 0.854. The predicted octanol–water partition coefficient (Wildman–Crippen LogP) is 0.254. The van der Waals surface area contributed by atoms with Crippen molar-refractivity contribution in [3.8, 4) is 0 Å². The van der Waals surface area contributed by atoms with Gasteiger partial charge in [0.2, 0.25) is 10.0 Å². The van der Waals surface area contributed by atoms with Gasteiger partial charge in [-0.25, -0.2) is 17.4 Å². The highest BCUT2D eigenvalue weighted by Gasteiger charge is 2.17. The molecule has 7 heteroatoms.